The zero-order chi connectivity index (χ0) is 13.9. The van der Waals surface area contributed by atoms with Crippen LogP contribution >= 0.6 is 0 Å². The smallest absolute Gasteiger partial charge is 0.245 e. The van der Waals surface area contributed by atoms with Gasteiger partial charge in [-0.15, -0.1) is 0 Å². The fourth-order valence-corrected chi connectivity index (χ4v) is 2.57. The predicted octanol–water partition coefficient (Wildman–Crippen LogP) is -0.453. The van der Waals surface area contributed by atoms with Gasteiger partial charge in [0.1, 0.15) is 21.9 Å². The Morgan fingerprint density at radius 1 is 1.22 bits per heavy atom. The Balaban J connectivity index is 2.86. The Bertz CT molecular complexity index is 432. The lowest BCUT2D eigenvalue weighted by molar-refractivity contribution is -0.149. The third kappa shape index (κ3) is 3.44. The Labute approximate surface area is 108 Å². The molecule has 0 saturated carbocycles. The van der Waals surface area contributed by atoms with Crippen molar-refractivity contribution in [3.05, 3.63) is 0 Å². The van der Waals surface area contributed by atoms with Crippen LogP contribution in [0.4, 0.5) is 0 Å². The van der Waals surface area contributed by atoms with E-state index in [1.165, 1.54) is 4.90 Å². The molecule has 0 radical (unpaired) electrons. The zero-order valence-electron chi connectivity index (χ0n) is 11.0. The van der Waals surface area contributed by atoms with Crippen LogP contribution in [-0.4, -0.2) is 55.8 Å². The van der Waals surface area contributed by atoms with Crippen molar-refractivity contribution in [1.82, 2.24) is 10.2 Å². The van der Waals surface area contributed by atoms with Gasteiger partial charge >= 0.3 is 0 Å². The van der Waals surface area contributed by atoms with Gasteiger partial charge in [0.25, 0.3) is 0 Å². The molecule has 1 rings (SSSR count). The molecule has 1 saturated heterocycles. The van der Waals surface area contributed by atoms with E-state index >= 15 is 0 Å². The van der Waals surface area contributed by atoms with Crippen molar-refractivity contribution < 1.29 is 18.0 Å². The molecule has 0 aliphatic carbocycles. The molecule has 6 nitrogen and oxygen atoms in total. The van der Waals surface area contributed by atoms with Crippen molar-refractivity contribution in [3.8, 4) is 0 Å². The van der Waals surface area contributed by atoms with Gasteiger partial charge in [-0.2, -0.15) is 0 Å². The quantitative estimate of drug-likeness (QED) is 0.737. The largest absolute Gasteiger partial charge is 0.343 e. The molecule has 1 heterocycles. The summed E-state index contributed by atoms with van der Waals surface area (Å²) in [4.78, 5) is 25.3. The van der Waals surface area contributed by atoms with E-state index in [-0.39, 0.29) is 24.1 Å². The average molecular weight is 276 g/mol. The maximum Gasteiger partial charge on any atom is 0.245 e. The highest BCUT2D eigenvalue weighted by molar-refractivity contribution is 7.90. The standard InChI is InChI=1S/C11H20N2O4S/c1-4-8-11(15)13(6-7-18(3,16)17)9(5-2)10(14)12-8/h8-9H,4-7H2,1-3H3,(H,12,14). The minimum Gasteiger partial charge on any atom is -0.343 e. The highest BCUT2D eigenvalue weighted by Crippen LogP contribution is 2.14. The van der Waals surface area contributed by atoms with E-state index in [0.29, 0.717) is 12.8 Å². The molecule has 104 valence electrons. The molecule has 2 unspecified atom stereocenters. The molecule has 0 aromatic heterocycles. The molecular weight excluding hydrogens is 256 g/mol. The lowest BCUT2D eigenvalue weighted by Crippen LogP contribution is -2.63. The van der Waals surface area contributed by atoms with E-state index in [9.17, 15) is 18.0 Å². The molecule has 1 N–H and O–H groups in total. The molecule has 0 bridgehead atoms. The SMILES string of the molecule is CCC1NC(=O)C(CC)N(CCS(C)(=O)=O)C1=O. The van der Waals surface area contributed by atoms with Gasteiger partial charge in [0.2, 0.25) is 11.8 Å². The molecule has 1 aliphatic rings. The topological polar surface area (TPSA) is 83.6 Å². The average Bonchev–Trinajstić information content (AvgIpc) is 2.28. The van der Waals surface area contributed by atoms with Gasteiger partial charge in [-0.05, 0) is 12.8 Å². The van der Waals surface area contributed by atoms with Crippen LogP contribution < -0.4 is 5.32 Å². The first kappa shape index (κ1) is 14.9. The molecule has 0 spiro atoms. The van der Waals surface area contributed by atoms with Gasteiger partial charge in [0, 0.05) is 12.8 Å². The van der Waals surface area contributed by atoms with E-state index in [4.69, 9.17) is 0 Å². The van der Waals surface area contributed by atoms with Gasteiger partial charge in [-0.3, -0.25) is 9.59 Å². The number of nitrogens with zero attached hydrogens (tertiary/aromatic N) is 1. The van der Waals surface area contributed by atoms with Crippen LogP contribution in [0.25, 0.3) is 0 Å². The van der Waals surface area contributed by atoms with E-state index in [1.807, 2.05) is 6.92 Å². The van der Waals surface area contributed by atoms with Gasteiger partial charge in [0.15, 0.2) is 0 Å². The molecule has 2 amide bonds. The fourth-order valence-electron chi connectivity index (χ4n) is 2.04. The number of sulfone groups is 1. The summed E-state index contributed by atoms with van der Waals surface area (Å²) in [7, 11) is -3.15. The summed E-state index contributed by atoms with van der Waals surface area (Å²) in [6, 6.07) is -1.08. The molecule has 0 aromatic carbocycles. The molecule has 1 aliphatic heterocycles. The lowest BCUT2D eigenvalue weighted by Gasteiger charge is -2.38. The summed E-state index contributed by atoms with van der Waals surface area (Å²) in [6.45, 7) is 3.70. The number of piperazine rings is 1. The Hall–Kier alpha value is -1.11. The number of hydrogen-bond donors (Lipinski definition) is 1. The molecule has 0 aromatic rings. The Kier molecular flexibility index (Phi) is 4.72. The van der Waals surface area contributed by atoms with Gasteiger partial charge in [0.05, 0.1) is 5.75 Å². The van der Waals surface area contributed by atoms with Crippen LogP contribution in [0.1, 0.15) is 26.7 Å². The van der Waals surface area contributed by atoms with E-state index < -0.39 is 21.9 Å². The summed E-state index contributed by atoms with van der Waals surface area (Å²) in [5.41, 5.74) is 0. The molecule has 18 heavy (non-hydrogen) atoms. The van der Waals surface area contributed by atoms with Crippen molar-refractivity contribution in [2.45, 2.75) is 38.8 Å². The number of hydrogen-bond acceptors (Lipinski definition) is 4. The third-order valence-electron chi connectivity index (χ3n) is 3.07. The van der Waals surface area contributed by atoms with E-state index in [1.54, 1.807) is 6.92 Å². The number of amides is 2. The number of carbonyl (C=O) groups is 2. The first-order chi connectivity index (χ1) is 8.30. The fraction of sp³-hybridized carbons (Fsp3) is 0.818. The van der Waals surface area contributed by atoms with Crippen LogP contribution in [0.5, 0.6) is 0 Å². The maximum absolute atomic E-state index is 12.1. The number of nitrogens with one attached hydrogen (secondary N) is 1. The third-order valence-corrected chi connectivity index (χ3v) is 4.00. The summed E-state index contributed by atoms with van der Waals surface area (Å²) in [5.74, 6) is -0.496. The van der Waals surface area contributed by atoms with Crippen molar-refractivity contribution in [3.63, 3.8) is 0 Å². The van der Waals surface area contributed by atoms with Crippen molar-refractivity contribution in [1.29, 1.82) is 0 Å². The normalized spacial score (nSPS) is 25.2. The highest BCUT2D eigenvalue weighted by atomic mass is 32.2. The minimum absolute atomic E-state index is 0.0834. The molecule has 2 atom stereocenters. The number of rotatable bonds is 5. The van der Waals surface area contributed by atoms with Crippen LogP contribution in [0.2, 0.25) is 0 Å². The van der Waals surface area contributed by atoms with Gasteiger partial charge in [-0.25, -0.2) is 8.42 Å². The summed E-state index contributed by atoms with van der Waals surface area (Å²) >= 11 is 0. The summed E-state index contributed by atoms with van der Waals surface area (Å²) in [5, 5.41) is 2.66. The maximum atomic E-state index is 12.1. The van der Waals surface area contributed by atoms with Crippen LogP contribution in [0.15, 0.2) is 0 Å². The van der Waals surface area contributed by atoms with Crippen LogP contribution in [0.3, 0.4) is 0 Å². The first-order valence-electron chi connectivity index (χ1n) is 6.08. The van der Waals surface area contributed by atoms with E-state index in [0.717, 1.165) is 6.26 Å². The Morgan fingerprint density at radius 2 is 1.83 bits per heavy atom. The van der Waals surface area contributed by atoms with Crippen molar-refractivity contribution >= 4 is 21.7 Å². The Morgan fingerprint density at radius 3 is 2.28 bits per heavy atom. The molecule has 1 fully saturated rings. The van der Waals surface area contributed by atoms with E-state index in [2.05, 4.69) is 5.32 Å². The number of carbonyl (C=O) groups excluding carboxylic acids is 2. The zero-order valence-corrected chi connectivity index (χ0v) is 11.8. The van der Waals surface area contributed by atoms with Crippen LogP contribution in [0, 0.1) is 0 Å². The first-order valence-corrected chi connectivity index (χ1v) is 8.14. The summed E-state index contributed by atoms with van der Waals surface area (Å²) in [6.07, 6.45) is 2.12. The van der Waals surface area contributed by atoms with Crippen LogP contribution in [-0.2, 0) is 19.4 Å². The van der Waals surface area contributed by atoms with Crippen molar-refractivity contribution in [2.24, 2.45) is 0 Å². The second kappa shape index (κ2) is 5.69. The van der Waals surface area contributed by atoms with Crippen molar-refractivity contribution in [2.75, 3.05) is 18.6 Å². The molecule has 7 heteroatoms. The highest BCUT2D eigenvalue weighted by Gasteiger charge is 2.38. The second-order valence-corrected chi connectivity index (χ2v) is 6.81. The summed E-state index contributed by atoms with van der Waals surface area (Å²) < 4.78 is 22.3. The van der Waals surface area contributed by atoms with Gasteiger partial charge < -0.3 is 10.2 Å². The second-order valence-electron chi connectivity index (χ2n) is 4.55. The lowest BCUT2D eigenvalue weighted by atomic mass is 10.0. The minimum atomic E-state index is -3.15. The monoisotopic (exact) mass is 276 g/mol. The molecular formula is C11H20N2O4S. The van der Waals surface area contributed by atoms with Gasteiger partial charge in [-0.1, -0.05) is 13.8 Å². The predicted molar refractivity (Wildman–Crippen MR) is 67.7 cm³/mol.